The van der Waals surface area contributed by atoms with Crippen LogP contribution in [0, 0.1) is 20.8 Å². The number of hydrogen-bond acceptors (Lipinski definition) is 4. The minimum atomic E-state index is -0.770. The van der Waals surface area contributed by atoms with Crippen molar-refractivity contribution >= 4 is 23.4 Å². The molecule has 0 heterocycles. The van der Waals surface area contributed by atoms with Gasteiger partial charge in [0.15, 0.2) is 12.7 Å². The SMILES string of the molecule is Cc1ccccc1OC(C)C(=O)NNC(=O)COc1cc(C)c(Cl)c(C)c1. The fourth-order valence-corrected chi connectivity index (χ4v) is 2.45. The molecule has 6 nitrogen and oxygen atoms in total. The molecular weight excluding hydrogens is 368 g/mol. The summed E-state index contributed by atoms with van der Waals surface area (Å²) >= 11 is 6.10. The van der Waals surface area contributed by atoms with Crippen LogP contribution in [0.5, 0.6) is 11.5 Å². The van der Waals surface area contributed by atoms with Crippen LogP contribution in [0.4, 0.5) is 0 Å². The van der Waals surface area contributed by atoms with Gasteiger partial charge in [0.05, 0.1) is 0 Å². The van der Waals surface area contributed by atoms with Crippen LogP contribution in [0.15, 0.2) is 36.4 Å². The van der Waals surface area contributed by atoms with Crippen LogP contribution in [-0.2, 0) is 9.59 Å². The first kappa shape index (κ1) is 20.6. The van der Waals surface area contributed by atoms with E-state index in [1.165, 1.54) is 0 Å². The third kappa shape index (κ3) is 5.89. The molecular formula is C20H23ClN2O4. The van der Waals surface area contributed by atoms with Gasteiger partial charge < -0.3 is 9.47 Å². The van der Waals surface area contributed by atoms with Gasteiger partial charge in [0.2, 0.25) is 0 Å². The average molecular weight is 391 g/mol. The number of hydrazine groups is 1. The molecule has 7 heteroatoms. The minimum Gasteiger partial charge on any atom is -0.484 e. The Labute approximate surface area is 163 Å². The maximum absolute atomic E-state index is 12.1. The van der Waals surface area contributed by atoms with Gasteiger partial charge in [-0.05, 0) is 62.6 Å². The Balaban J connectivity index is 1.79. The van der Waals surface area contributed by atoms with Crippen molar-refractivity contribution in [3.63, 3.8) is 0 Å². The van der Waals surface area contributed by atoms with Gasteiger partial charge in [-0.3, -0.25) is 20.4 Å². The zero-order valence-corrected chi connectivity index (χ0v) is 16.5. The molecule has 1 atom stereocenters. The van der Waals surface area contributed by atoms with Gasteiger partial charge in [-0.1, -0.05) is 29.8 Å². The van der Waals surface area contributed by atoms with Crippen molar-refractivity contribution in [1.29, 1.82) is 0 Å². The molecule has 2 amide bonds. The van der Waals surface area contributed by atoms with Crippen molar-refractivity contribution in [3.05, 3.63) is 58.1 Å². The number of hydrogen-bond donors (Lipinski definition) is 2. The smallest absolute Gasteiger partial charge is 0.279 e. The van der Waals surface area contributed by atoms with Gasteiger partial charge in [-0.2, -0.15) is 0 Å². The van der Waals surface area contributed by atoms with Crippen LogP contribution in [0.25, 0.3) is 0 Å². The Morgan fingerprint density at radius 3 is 2.30 bits per heavy atom. The van der Waals surface area contributed by atoms with E-state index in [2.05, 4.69) is 10.9 Å². The minimum absolute atomic E-state index is 0.242. The molecule has 2 aromatic rings. The summed E-state index contributed by atoms with van der Waals surface area (Å²) in [6, 6.07) is 10.9. The van der Waals surface area contributed by atoms with Crippen LogP contribution >= 0.6 is 11.6 Å². The second-order valence-electron chi connectivity index (χ2n) is 6.22. The molecule has 0 saturated carbocycles. The van der Waals surface area contributed by atoms with Gasteiger partial charge in [0.25, 0.3) is 11.8 Å². The largest absolute Gasteiger partial charge is 0.484 e. The van der Waals surface area contributed by atoms with Crippen molar-refractivity contribution in [2.24, 2.45) is 0 Å². The van der Waals surface area contributed by atoms with Crippen molar-refractivity contribution in [3.8, 4) is 11.5 Å². The highest BCUT2D eigenvalue weighted by atomic mass is 35.5. The zero-order valence-electron chi connectivity index (χ0n) is 15.8. The molecule has 0 fully saturated rings. The molecule has 1 unspecified atom stereocenters. The van der Waals surface area contributed by atoms with E-state index in [0.717, 1.165) is 16.7 Å². The Bertz CT molecular complexity index is 815. The molecule has 0 bridgehead atoms. The topological polar surface area (TPSA) is 76.7 Å². The number of carbonyl (C=O) groups excluding carboxylic acids is 2. The van der Waals surface area contributed by atoms with E-state index in [1.54, 1.807) is 25.1 Å². The van der Waals surface area contributed by atoms with Crippen molar-refractivity contribution in [2.75, 3.05) is 6.61 Å². The van der Waals surface area contributed by atoms with E-state index in [1.807, 2.05) is 39.0 Å². The Kier molecular flexibility index (Phi) is 7.07. The highest BCUT2D eigenvalue weighted by Gasteiger charge is 2.16. The van der Waals surface area contributed by atoms with Gasteiger partial charge in [-0.25, -0.2) is 0 Å². The second-order valence-corrected chi connectivity index (χ2v) is 6.60. The summed E-state index contributed by atoms with van der Waals surface area (Å²) in [7, 11) is 0. The Morgan fingerprint density at radius 1 is 1.04 bits per heavy atom. The number of benzene rings is 2. The second kappa shape index (κ2) is 9.28. The molecule has 2 N–H and O–H groups in total. The van der Waals surface area contributed by atoms with Gasteiger partial charge in [-0.15, -0.1) is 0 Å². The molecule has 0 saturated heterocycles. The maximum atomic E-state index is 12.1. The van der Waals surface area contributed by atoms with Crippen LogP contribution in [0.2, 0.25) is 5.02 Å². The number of ether oxygens (including phenoxy) is 2. The fraction of sp³-hybridized carbons (Fsp3) is 0.300. The molecule has 0 aliphatic rings. The number of para-hydroxylation sites is 1. The number of rotatable bonds is 6. The number of carbonyl (C=O) groups is 2. The normalized spacial score (nSPS) is 11.4. The number of halogens is 1. The quantitative estimate of drug-likeness (QED) is 0.742. The molecule has 27 heavy (non-hydrogen) atoms. The lowest BCUT2D eigenvalue weighted by Gasteiger charge is -2.16. The molecule has 0 radical (unpaired) electrons. The van der Waals surface area contributed by atoms with E-state index in [4.69, 9.17) is 21.1 Å². The van der Waals surface area contributed by atoms with E-state index in [-0.39, 0.29) is 6.61 Å². The molecule has 0 aliphatic heterocycles. The lowest BCUT2D eigenvalue weighted by Crippen LogP contribution is -2.48. The molecule has 144 valence electrons. The molecule has 2 rings (SSSR count). The van der Waals surface area contributed by atoms with E-state index in [9.17, 15) is 9.59 Å². The highest BCUT2D eigenvalue weighted by molar-refractivity contribution is 6.32. The van der Waals surface area contributed by atoms with Crippen LogP contribution in [0.3, 0.4) is 0 Å². The summed E-state index contributed by atoms with van der Waals surface area (Å²) in [4.78, 5) is 23.9. The summed E-state index contributed by atoms with van der Waals surface area (Å²) in [6.07, 6.45) is -0.770. The van der Waals surface area contributed by atoms with Crippen LogP contribution < -0.4 is 20.3 Å². The first-order chi connectivity index (χ1) is 12.8. The maximum Gasteiger partial charge on any atom is 0.279 e. The lowest BCUT2D eigenvalue weighted by molar-refractivity contribution is -0.133. The summed E-state index contributed by atoms with van der Waals surface area (Å²) in [5.41, 5.74) is 7.28. The van der Waals surface area contributed by atoms with E-state index >= 15 is 0 Å². The fourth-order valence-electron chi connectivity index (χ4n) is 2.34. The molecule has 2 aromatic carbocycles. The standard InChI is InChI=1S/C20H23ClN2O4/c1-12-7-5-6-8-17(12)27-15(4)20(25)23-22-18(24)11-26-16-9-13(2)19(21)14(3)10-16/h5-10,15H,11H2,1-4H3,(H,22,24)(H,23,25). The van der Waals surface area contributed by atoms with Crippen molar-refractivity contribution in [2.45, 2.75) is 33.8 Å². The predicted molar refractivity (Wildman–Crippen MR) is 104 cm³/mol. The number of nitrogens with one attached hydrogen (secondary N) is 2. The number of amides is 2. The Morgan fingerprint density at radius 2 is 1.67 bits per heavy atom. The third-order valence-electron chi connectivity index (χ3n) is 3.87. The lowest BCUT2D eigenvalue weighted by atomic mass is 10.1. The Hall–Kier alpha value is -2.73. The highest BCUT2D eigenvalue weighted by Crippen LogP contribution is 2.25. The van der Waals surface area contributed by atoms with Gasteiger partial charge in [0, 0.05) is 5.02 Å². The zero-order chi connectivity index (χ0) is 20.0. The summed E-state index contributed by atoms with van der Waals surface area (Å²) in [5.74, 6) is 0.192. The van der Waals surface area contributed by atoms with Crippen LogP contribution in [-0.4, -0.2) is 24.5 Å². The van der Waals surface area contributed by atoms with Gasteiger partial charge in [0.1, 0.15) is 11.5 Å². The third-order valence-corrected chi connectivity index (χ3v) is 4.47. The first-order valence-corrected chi connectivity index (χ1v) is 8.86. The monoisotopic (exact) mass is 390 g/mol. The average Bonchev–Trinajstić information content (AvgIpc) is 2.64. The first-order valence-electron chi connectivity index (χ1n) is 8.48. The van der Waals surface area contributed by atoms with Crippen LogP contribution in [0.1, 0.15) is 23.6 Å². The van der Waals surface area contributed by atoms with Crippen molar-refractivity contribution in [1.82, 2.24) is 10.9 Å². The van der Waals surface area contributed by atoms with Crippen molar-refractivity contribution < 1.29 is 19.1 Å². The summed E-state index contributed by atoms with van der Waals surface area (Å²) < 4.78 is 11.0. The predicted octanol–water partition coefficient (Wildman–Crippen LogP) is 3.26. The molecule has 0 spiro atoms. The van der Waals surface area contributed by atoms with Gasteiger partial charge >= 0.3 is 0 Å². The molecule has 0 aromatic heterocycles. The summed E-state index contributed by atoms with van der Waals surface area (Å²) in [5, 5.41) is 0.668. The molecule has 0 aliphatic carbocycles. The van der Waals surface area contributed by atoms with E-state index < -0.39 is 17.9 Å². The number of aryl methyl sites for hydroxylation is 3. The summed E-state index contributed by atoms with van der Waals surface area (Å²) in [6.45, 7) is 6.97. The van der Waals surface area contributed by atoms with E-state index in [0.29, 0.717) is 16.5 Å².